The predicted octanol–water partition coefficient (Wildman–Crippen LogP) is 6.49. The Morgan fingerprint density at radius 1 is 1.21 bits per heavy atom. The molecule has 2 aliphatic carbocycles. The fourth-order valence-electron chi connectivity index (χ4n) is 4.03. The lowest BCUT2D eigenvalue weighted by Crippen LogP contribution is -2.27. The number of carboxylic acid groups (broad SMARTS) is 2. The fraction of sp³-hybridized carbons (Fsp3) is 0.643. The molecule has 0 fully saturated rings. The summed E-state index contributed by atoms with van der Waals surface area (Å²) in [6.45, 7) is 13.6. The molecule has 188 valence electrons. The lowest BCUT2D eigenvalue weighted by molar-refractivity contribution is -0.147. The van der Waals surface area contributed by atoms with Gasteiger partial charge in [0.2, 0.25) is 0 Å². The molecule has 0 bridgehead atoms. The van der Waals surface area contributed by atoms with Gasteiger partial charge in [-0.1, -0.05) is 44.9 Å². The van der Waals surface area contributed by atoms with Crippen LogP contribution in [0.15, 0.2) is 37.0 Å². The Bertz CT molecular complexity index is 644. The monoisotopic (exact) mass is 462 g/mol. The van der Waals surface area contributed by atoms with Gasteiger partial charge in [-0.25, -0.2) is 0 Å². The maximum Gasteiger partial charge on any atom is 0.309 e. The summed E-state index contributed by atoms with van der Waals surface area (Å²) in [5, 5.41) is 26.7. The van der Waals surface area contributed by atoms with Crippen LogP contribution in [0.1, 0.15) is 85.5 Å². The third-order valence-corrected chi connectivity index (χ3v) is 6.51. The van der Waals surface area contributed by atoms with Crippen LogP contribution >= 0.6 is 0 Å². The molecule has 3 N–H and O–H groups in total. The topological polar surface area (TPSA) is 94.8 Å². The average Bonchev–Trinajstić information content (AvgIpc) is 2.80. The number of allylic oxidation sites excluding steroid dienone is 4. The molecule has 0 aromatic heterocycles. The molecule has 0 heterocycles. The number of aliphatic hydroxyl groups excluding tert-OH is 1. The lowest BCUT2D eigenvalue weighted by Gasteiger charge is -2.37. The molecule has 0 aliphatic heterocycles. The molecule has 5 nitrogen and oxygen atoms in total. The van der Waals surface area contributed by atoms with Crippen LogP contribution in [0.5, 0.6) is 0 Å². The highest BCUT2D eigenvalue weighted by atomic mass is 16.4. The Kier molecular flexibility index (Phi) is 18.1. The third-order valence-electron chi connectivity index (χ3n) is 6.51. The molecule has 0 amide bonds. The van der Waals surface area contributed by atoms with Crippen LogP contribution in [0.2, 0.25) is 0 Å². The number of hydrogen-bond acceptors (Lipinski definition) is 3. The molecule has 0 spiro atoms. The van der Waals surface area contributed by atoms with Crippen molar-refractivity contribution >= 4 is 11.9 Å². The van der Waals surface area contributed by atoms with Crippen molar-refractivity contribution in [1.82, 2.24) is 0 Å². The van der Waals surface area contributed by atoms with Gasteiger partial charge in [0.1, 0.15) is 0 Å². The highest BCUT2D eigenvalue weighted by molar-refractivity contribution is 5.73. The summed E-state index contributed by atoms with van der Waals surface area (Å²) in [7, 11) is 0. The van der Waals surface area contributed by atoms with Crippen molar-refractivity contribution in [3.05, 3.63) is 37.0 Å². The van der Waals surface area contributed by atoms with Gasteiger partial charge in [0.05, 0.1) is 17.9 Å². The van der Waals surface area contributed by atoms with Gasteiger partial charge >= 0.3 is 11.9 Å². The van der Waals surface area contributed by atoms with E-state index in [1.807, 2.05) is 6.92 Å². The molecule has 0 aromatic carbocycles. The van der Waals surface area contributed by atoms with E-state index < -0.39 is 23.5 Å². The normalized spacial score (nSPS) is 21.8. The van der Waals surface area contributed by atoms with Crippen molar-refractivity contribution in [1.29, 1.82) is 0 Å². The van der Waals surface area contributed by atoms with Crippen molar-refractivity contribution in [3.63, 3.8) is 0 Å². The highest BCUT2D eigenvalue weighted by Gasteiger charge is 2.31. The van der Waals surface area contributed by atoms with Gasteiger partial charge in [-0.05, 0) is 75.7 Å². The Morgan fingerprint density at radius 3 is 2.30 bits per heavy atom. The number of fused-ring (bicyclic) bond motifs is 1. The summed E-state index contributed by atoms with van der Waals surface area (Å²) in [4.78, 5) is 20.8. The molecule has 0 radical (unpaired) electrons. The zero-order chi connectivity index (χ0) is 26.0. The Morgan fingerprint density at radius 2 is 1.82 bits per heavy atom. The first-order valence-corrected chi connectivity index (χ1v) is 11.9. The van der Waals surface area contributed by atoms with Crippen molar-refractivity contribution < 1.29 is 24.9 Å². The quantitative estimate of drug-likeness (QED) is 0.207. The first-order chi connectivity index (χ1) is 15.6. The van der Waals surface area contributed by atoms with Gasteiger partial charge in [-0.2, -0.15) is 0 Å². The Labute approximate surface area is 201 Å². The first kappa shape index (κ1) is 32.9. The fourth-order valence-corrected chi connectivity index (χ4v) is 4.03. The molecular formula is C28H46O5. The summed E-state index contributed by atoms with van der Waals surface area (Å²) in [5.74, 6) is 0.445. The van der Waals surface area contributed by atoms with Crippen LogP contribution in [0, 0.1) is 36.0 Å². The van der Waals surface area contributed by atoms with E-state index in [1.165, 1.54) is 31.3 Å². The summed E-state index contributed by atoms with van der Waals surface area (Å²) >= 11 is 0. The number of hydrogen-bond donors (Lipinski definition) is 3. The predicted molar refractivity (Wildman–Crippen MR) is 137 cm³/mol. The summed E-state index contributed by atoms with van der Waals surface area (Å²) < 4.78 is 0. The zero-order valence-electron chi connectivity index (χ0n) is 21.1. The highest BCUT2D eigenvalue weighted by Crippen LogP contribution is 2.42. The van der Waals surface area contributed by atoms with Gasteiger partial charge in [-0.3, -0.25) is 9.59 Å². The van der Waals surface area contributed by atoms with Gasteiger partial charge < -0.3 is 15.3 Å². The molecule has 0 saturated heterocycles. The van der Waals surface area contributed by atoms with E-state index >= 15 is 0 Å². The minimum atomic E-state index is -0.912. The van der Waals surface area contributed by atoms with Gasteiger partial charge in [0.15, 0.2) is 0 Å². The van der Waals surface area contributed by atoms with Crippen molar-refractivity contribution in [2.75, 3.05) is 0 Å². The van der Waals surface area contributed by atoms with E-state index in [9.17, 15) is 14.7 Å². The van der Waals surface area contributed by atoms with E-state index in [-0.39, 0.29) is 6.42 Å². The largest absolute Gasteiger partial charge is 0.481 e. The number of aliphatic carboxylic acids is 2. The first-order valence-electron chi connectivity index (χ1n) is 11.9. The van der Waals surface area contributed by atoms with Crippen molar-refractivity contribution in [3.8, 4) is 12.8 Å². The molecule has 4 atom stereocenters. The van der Waals surface area contributed by atoms with E-state index in [0.29, 0.717) is 18.8 Å². The van der Waals surface area contributed by atoms with Crippen molar-refractivity contribution in [2.45, 2.75) is 91.6 Å². The molecule has 0 saturated carbocycles. The second-order valence-corrected chi connectivity index (χ2v) is 9.20. The van der Waals surface area contributed by atoms with Crippen molar-refractivity contribution in [2.24, 2.45) is 23.2 Å². The second-order valence-electron chi connectivity index (χ2n) is 9.20. The van der Waals surface area contributed by atoms with Crippen LogP contribution in [-0.4, -0.2) is 33.4 Å². The lowest BCUT2D eigenvalue weighted by atomic mass is 9.68. The molecule has 2 rings (SSSR count). The number of terminal acetylenes is 1. The van der Waals surface area contributed by atoms with Crippen LogP contribution < -0.4 is 0 Å². The van der Waals surface area contributed by atoms with Crippen LogP contribution in [0.25, 0.3) is 0 Å². The molecule has 2 unspecified atom stereocenters. The zero-order valence-corrected chi connectivity index (χ0v) is 21.1. The van der Waals surface area contributed by atoms with E-state index in [4.69, 9.17) is 10.2 Å². The van der Waals surface area contributed by atoms with Crippen LogP contribution in [0.4, 0.5) is 0 Å². The minimum Gasteiger partial charge on any atom is -0.481 e. The van der Waals surface area contributed by atoms with Gasteiger partial charge in [-0.15, -0.1) is 26.0 Å². The van der Waals surface area contributed by atoms with Crippen LogP contribution in [-0.2, 0) is 9.59 Å². The summed E-state index contributed by atoms with van der Waals surface area (Å²) in [5.41, 5.74) is 0.996. The van der Waals surface area contributed by atoms with E-state index in [2.05, 4.69) is 51.2 Å². The summed E-state index contributed by atoms with van der Waals surface area (Å²) in [6.07, 6.45) is 22.6. The van der Waals surface area contributed by atoms with E-state index in [1.54, 1.807) is 13.8 Å². The molecule has 5 heteroatoms. The number of carbonyl (C=O) groups is 2. The van der Waals surface area contributed by atoms with Gasteiger partial charge in [0.25, 0.3) is 0 Å². The molecular weight excluding hydrogens is 416 g/mol. The minimum absolute atomic E-state index is 0.127. The molecule has 0 aromatic rings. The average molecular weight is 463 g/mol. The number of rotatable bonds is 9. The SMILES string of the molecule is C#C.C=C.CCC(C)(C)C(=O)O.C[C@H]1C=CC2=CCCCC2C1CCCC[C@@H](O)CC(=O)O. The molecule has 2 aliphatic rings. The smallest absolute Gasteiger partial charge is 0.309 e. The maximum atomic E-state index is 10.5. The number of unbranched alkanes of at least 4 members (excludes halogenated alkanes) is 1. The summed E-state index contributed by atoms with van der Waals surface area (Å²) in [6, 6.07) is 0. The van der Waals surface area contributed by atoms with E-state index in [0.717, 1.165) is 24.7 Å². The Hall–Kier alpha value is -2.32. The maximum absolute atomic E-state index is 10.5. The number of carboxylic acids is 2. The molecule has 33 heavy (non-hydrogen) atoms. The van der Waals surface area contributed by atoms with Gasteiger partial charge in [0, 0.05) is 0 Å². The van der Waals surface area contributed by atoms with Crippen LogP contribution in [0.3, 0.4) is 0 Å². The number of aliphatic hydroxyl groups is 1. The third kappa shape index (κ3) is 13.1. The second kappa shape index (κ2) is 18.1. The standard InChI is InChI=1S/C18H28O3.C6H12O2.C2H4.C2H2/c1-13-10-11-14-6-2-4-9-17(14)16(13)8-5-3-7-15(19)12-18(20)21;1-4-6(2,3)5(7)8;2*1-2/h6,10-11,13,15-17,19H,2-5,7-9,12H2,1H3,(H,20,21);4H2,1-3H3,(H,7,8);1-2H2;1-2H/t13-,15+,16?,17?;;;/m0.../s1. The Balaban J connectivity index is 0.